The average molecular weight is 285 g/mol. The third-order valence-corrected chi connectivity index (χ3v) is 4.88. The van der Waals surface area contributed by atoms with Crippen molar-refractivity contribution in [1.29, 1.82) is 0 Å². The van der Waals surface area contributed by atoms with E-state index in [1.165, 1.54) is 32.1 Å². The first-order chi connectivity index (χ1) is 10.2. The first kappa shape index (κ1) is 14.2. The lowest BCUT2D eigenvalue weighted by atomic mass is 9.79. The summed E-state index contributed by atoms with van der Waals surface area (Å²) in [5, 5.41) is 10.2. The van der Waals surface area contributed by atoms with Gasteiger partial charge in [0.05, 0.1) is 5.69 Å². The fraction of sp³-hybridized carbons (Fsp3) is 0.500. The van der Waals surface area contributed by atoms with E-state index in [1.807, 2.05) is 31.3 Å². The van der Waals surface area contributed by atoms with E-state index in [0.717, 1.165) is 11.3 Å². The second-order valence-electron chi connectivity index (χ2n) is 6.30. The maximum absolute atomic E-state index is 12.2. The Hall–Kier alpha value is -1.77. The van der Waals surface area contributed by atoms with Crippen LogP contribution in [0.25, 0.3) is 0 Å². The topological polar surface area (TPSA) is 40.5 Å². The number of benzene rings is 1. The van der Waals surface area contributed by atoms with Crippen LogP contribution in [0.3, 0.4) is 0 Å². The standard InChI is InChI=1S/C18H23NO2/c1-13-12-19(15-9-5-6-10-17(15)20)16(11-18(13)21)14-7-3-2-4-8-14/h5-6,9-10,12,14,16,20H,2-4,7-8,11H2,1H3/t16-/m1/s1. The Bertz CT molecular complexity index is 558. The molecule has 1 saturated carbocycles. The molecular formula is C18H23NO2. The molecule has 112 valence electrons. The molecule has 3 rings (SSSR count). The van der Waals surface area contributed by atoms with Gasteiger partial charge in [0.2, 0.25) is 0 Å². The Kier molecular flexibility index (Phi) is 4.00. The lowest BCUT2D eigenvalue weighted by molar-refractivity contribution is -0.116. The van der Waals surface area contributed by atoms with Crippen LogP contribution in [0.4, 0.5) is 5.69 Å². The lowest BCUT2D eigenvalue weighted by Gasteiger charge is -2.40. The van der Waals surface area contributed by atoms with Crippen LogP contribution in [0.1, 0.15) is 45.4 Å². The number of carbonyl (C=O) groups excluding carboxylic acids is 1. The zero-order chi connectivity index (χ0) is 14.8. The van der Waals surface area contributed by atoms with Gasteiger partial charge in [0.15, 0.2) is 5.78 Å². The van der Waals surface area contributed by atoms with Crippen molar-refractivity contribution in [3.63, 3.8) is 0 Å². The Morgan fingerprint density at radius 1 is 1.14 bits per heavy atom. The number of nitrogens with zero attached hydrogens (tertiary/aromatic N) is 1. The van der Waals surface area contributed by atoms with Crippen molar-refractivity contribution in [2.24, 2.45) is 5.92 Å². The number of carbonyl (C=O) groups is 1. The van der Waals surface area contributed by atoms with Gasteiger partial charge in [0.25, 0.3) is 0 Å². The van der Waals surface area contributed by atoms with Gasteiger partial charge in [-0.1, -0.05) is 31.4 Å². The average Bonchev–Trinajstić information content (AvgIpc) is 2.51. The van der Waals surface area contributed by atoms with E-state index in [4.69, 9.17) is 0 Å². The van der Waals surface area contributed by atoms with Crippen LogP contribution in [0, 0.1) is 5.92 Å². The molecule has 1 fully saturated rings. The molecule has 21 heavy (non-hydrogen) atoms. The van der Waals surface area contributed by atoms with Gasteiger partial charge in [-0.25, -0.2) is 0 Å². The molecule has 1 aromatic carbocycles. The zero-order valence-corrected chi connectivity index (χ0v) is 12.6. The Morgan fingerprint density at radius 3 is 2.57 bits per heavy atom. The minimum atomic E-state index is 0.190. The highest BCUT2D eigenvalue weighted by atomic mass is 16.3. The van der Waals surface area contributed by atoms with E-state index in [9.17, 15) is 9.90 Å². The summed E-state index contributed by atoms with van der Waals surface area (Å²) in [7, 11) is 0. The molecule has 1 N–H and O–H groups in total. The maximum atomic E-state index is 12.2. The lowest BCUT2D eigenvalue weighted by Crippen LogP contribution is -2.43. The van der Waals surface area contributed by atoms with Crippen molar-refractivity contribution >= 4 is 11.5 Å². The normalized spacial score (nSPS) is 24.0. The van der Waals surface area contributed by atoms with E-state index in [1.54, 1.807) is 6.07 Å². The van der Waals surface area contributed by atoms with Crippen molar-refractivity contribution in [1.82, 2.24) is 0 Å². The minimum Gasteiger partial charge on any atom is -0.506 e. The quantitative estimate of drug-likeness (QED) is 0.892. The van der Waals surface area contributed by atoms with E-state index >= 15 is 0 Å². The smallest absolute Gasteiger partial charge is 0.162 e. The molecule has 0 spiro atoms. The maximum Gasteiger partial charge on any atom is 0.162 e. The van der Waals surface area contributed by atoms with Gasteiger partial charge in [-0.2, -0.15) is 0 Å². The highest BCUT2D eigenvalue weighted by molar-refractivity contribution is 5.97. The number of allylic oxidation sites excluding steroid dienone is 1. The number of ketones is 1. The minimum absolute atomic E-state index is 0.190. The van der Waals surface area contributed by atoms with Crippen molar-refractivity contribution in [2.45, 2.75) is 51.5 Å². The molecular weight excluding hydrogens is 262 g/mol. The molecule has 0 saturated heterocycles. The fourth-order valence-electron chi connectivity index (χ4n) is 3.67. The Labute approximate surface area is 126 Å². The molecule has 0 amide bonds. The fourth-order valence-corrected chi connectivity index (χ4v) is 3.67. The van der Waals surface area contributed by atoms with Crippen LogP contribution in [0.2, 0.25) is 0 Å². The van der Waals surface area contributed by atoms with Crippen molar-refractivity contribution < 1.29 is 9.90 Å². The predicted molar refractivity (Wildman–Crippen MR) is 84.3 cm³/mol. The second-order valence-corrected chi connectivity index (χ2v) is 6.30. The number of hydrogen-bond donors (Lipinski definition) is 1. The highest BCUT2D eigenvalue weighted by Crippen LogP contribution is 2.38. The van der Waals surface area contributed by atoms with Gasteiger partial charge < -0.3 is 10.0 Å². The molecule has 1 aliphatic carbocycles. The van der Waals surface area contributed by atoms with Crippen LogP contribution in [0.5, 0.6) is 5.75 Å². The van der Waals surface area contributed by atoms with Gasteiger partial charge in [0, 0.05) is 24.2 Å². The molecule has 1 aliphatic heterocycles. The summed E-state index contributed by atoms with van der Waals surface area (Å²) in [5.74, 6) is 1.08. The number of phenols is 1. The van der Waals surface area contributed by atoms with E-state index in [-0.39, 0.29) is 17.6 Å². The van der Waals surface area contributed by atoms with Crippen molar-refractivity contribution in [2.75, 3.05) is 4.90 Å². The molecule has 1 atom stereocenters. The third-order valence-electron chi connectivity index (χ3n) is 4.88. The summed E-state index contributed by atoms with van der Waals surface area (Å²) in [4.78, 5) is 14.3. The van der Waals surface area contributed by atoms with Crippen LogP contribution >= 0.6 is 0 Å². The highest BCUT2D eigenvalue weighted by Gasteiger charge is 2.34. The molecule has 0 aromatic heterocycles. The third kappa shape index (κ3) is 2.82. The van der Waals surface area contributed by atoms with Crippen LogP contribution < -0.4 is 4.90 Å². The van der Waals surface area contributed by atoms with Gasteiger partial charge in [-0.15, -0.1) is 0 Å². The number of Topliss-reactive ketones (excluding diaryl/α,β-unsaturated/α-hetero) is 1. The molecule has 3 nitrogen and oxygen atoms in total. The number of anilines is 1. The summed E-state index contributed by atoms with van der Waals surface area (Å²) in [6.07, 6.45) is 8.70. The van der Waals surface area contributed by atoms with Gasteiger partial charge >= 0.3 is 0 Å². The zero-order valence-electron chi connectivity index (χ0n) is 12.6. The van der Waals surface area contributed by atoms with Crippen LogP contribution in [-0.4, -0.2) is 16.9 Å². The van der Waals surface area contributed by atoms with E-state index in [0.29, 0.717) is 12.3 Å². The van der Waals surface area contributed by atoms with Gasteiger partial charge in [-0.3, -0.25) is 4.79 Å². The summed E-state index contributed by atoms with van der Waals surface area (Å²) in [5.41, 5.74) is 1.60. The monoisotopic (exact) mass is 285 g/mol. The number of hydrogen-bond acceptors (Lipinski definition) is 3. The molecule has 3 heteroatoms. The van der Waals surface area contributed by atoms with Gasteiger partial charge in [0.1, 0.15) is 5.75 Å². The second kappa shape index (κ2) is 5.92. The molecule has 0 radical (unpaired) electrons. The molecule has 1 aromatic rings. The SMILES string of the molecule is CC1=CN(c2ccccc2O)[C@@H](C2CCCCC2)CC1=O. The summed E-state index contributed by atoms with van der Waals surface area (Å²) in [6, 6.07) is 7.61. The number of rotatable bonds is 2. The molecule has 0 bridgehead atoms. The van der Waals surface area contributed by atoms with Crippen LogP contribution in [-0.2, 0) is 4.79 Å². The summed E-state index contributed by atoms with van der Waals surface area (Å²) < 4.78 is 0. The Morgan fingerprint density at radius 2 is 1.86 bits per heavy atom. The predicted octanol–water partition coefficient (Wildman–Crippen LogP) is 4.02. The molecule has 2 aliphatic rings. The van der Waals surface area contributed by atoms with E-state index in [2.05, 4.69) is 4.90 Å². The van der Waals surface area contributed by atoms with Crippen molar-refractivity contribution in [3.05, 3.63) is 36.0 Å². The molecule has 0 unspecified atom stereocenters. The first-order valence-corrected chi connectivity index (χ1v) is 7.95. The largest absolute Gasteiger partial charge is 0.506 e. The van der Waals surface area contributed by atoms with Crippen LogP contribution in [0.15, 0.2) is 36.0 Å². The van der Waals surface area contributed by atoms with Crippen molar-refractivity contribution in [3.8, 4) is 5.75 Å². The van der Waals surface area contributed by atoms with Gasteiger partial charge in [-0.05, 0) is 37.8 Å². The van der Waals surface area contributed by atoms with E-state index < -0.39 is 0 Å². The molecule has 1 heterocycles. The number of para-hydroxylation sites is 2. The summed E-state index contributed by atoms with van der Waals surface area (Å²) in [6.45, 7) is 1.87. The summed E-state index contributed by atoms with van der Waals surface area (Å²) >= 11 is 0. The Balaban J connectivity index is 1.96. The first-order valence-electron chi connectivity index (χ1n) is 7.95. The number of phenolic OH excluding ortho intramolecular Hbond substituents is 1. The number of aromatic hydroxyl groups is 1.